The summed E-state index contributed by atoms with van der Waals surface area (Å²) in [5.74, 6) is 0. The first-order valence-corrected chi connectivity index (χ1v) is 8.04. The molecule has 1 rings (SSSR count). The summed E-state index contributed by atoms with van der Waals surface area (Å²) in [7, 11) is -0.308. The molecule has 0 aromatic heterocycles. The molecule has 0 saturated heterocycles. The fraction of sp³-hybridized carbons (Fsp3) is 0.538. The number of halogens is 1. The van der Waals surface area contributed by atoms with E-state index in [0.717, 1.165) is 5.56 Å². The highest BCUT2D eigenvalue weighted by Crippen LogP contribution is 2.21. The number of ether oxygens (including phenoxy) is 1. The van der Waals surface area contributed by atoms with Crippen LogP contribution in [0.25, 0.3) is 0 Å². The molecule has 1 aromatic carbocycles. The van der Waals surface area contributed by atoms with Gasteiger partial charge in [0.05, 0.1) is 17.0 Å². The molecule has 0 saturated carbocycles. The van der Waals surface area contributed by atoms with Gasteiger partial charge in [-0.3, -0.25) is 0 Å². The molecule has 2 N–H and O–H groups in total. The quantitative estimate of drug-likeness (QED) is 0.803. The molecule has 5 nitrogen and oxygen atoms in total. The fourth-order valence-corrected chi connectivity index (χ4v) is 3.49. The third-order valence-electron chi connectivity index (χ3n) is 2.61. The first-order chi connectivity index (χ1) is 9.22. The maximum Gasteiger partial charge on any atom is 0.241 e. The Bertz CT molecular complexity index is 559. The molecule has 0 amide bonds. The molecule has 114 valence electrons. The third kappa shape index (κ3) is 4.71. The summed E-state index contributed by atoms with van der Waals surface area (Å²) in [4.78, 5) is 0.191. The minimum absolute atomic E-state index is 0.191. The van der Waals surface area contributed by atoms with Gasteiger partial charge in [0, 0.05) is 18.7 Å². The van der Waals surface area contributed by atoms with Gasteiger partial charge in [0.25, 0.3) is 0 Å². The van der Waals surface area contributed by atoms with Crippen LogP contribution < -0.4 is 10.0 Å². The second-order valence-electron chi connectivity index (χ2n) is 5.21. The summed E-state index contributed by atoms with van der Waals surface area (Å²) in [6.45, 7) is 4.31. The molecule has 0 aliphatic rings. The van der Waals surface area contributed by atoms with Crippen molar-refractivity contribution in [2.75, 3.05) is 20.8 Å². The Morgan fingerprint density at radius 3 is 2.55 bits per heavy atom. The van der Waals surface area contributed by atoms with Crippen molar-refractivity contribution in [1.82, 2.24) is 10.0 Å². The van der Waals surface area contributed by atoms with Gasteiger partial charge in [-0.15, -0.1) is 0 Å². The van der Waals surface area contributed by atoms with Crippen molar-refractivity contribution < 1.29 is 13.2 Å². The van der Waals surface area contributed by atoms with Crippen LogP contribution in [0.4, 0.5) is 0 Å². The Kier molecular flexibility index (Phi) is 5.97. The van der Waals surface area contributed by atoms with E-state index in [1.165, 1.54) is 13.2 Å². The summed E-state index contributed by atoms with van der Waals surface area (Å²) in [5, 5.41) is 3.49. The zero-order chi connectivity index (χ0) is 15.4. The van der Waals surface area contributed by atoms with Crippen molar-refractivity contribution in [2.24, 2.45) is 0 Å². The second kappa shape index (κ2) is 6.87. The molecule has 0 aliphatic heterocycles. The molecule has 0 atom stereocenters. The van der Waals surface area contributed by atoms with Gasteiger partial charge in [0.1, 0.15) is 0 Å². The summed E-state index contributed by atoms with van der Waals surface area (Å²) >= 11 is 6.03. The molecule has 7 heteroatoms. The number of methoxy groups -OCH3 is 1. The van der Waals surface area contributed by atoms with E-state index in [4.69, 9.17) is 16.3 Å². The lowest BCUT2D eigenvalue weighted by molar-refractivity contribution is 0.141. The number of benzene rings is 1. The summed E-state index contributed by atoms with van der Waals surface area (Å²) < 4.78 is 32.4. The largest absolute Gasteiger partial charge is 0.383 e. The molecule has 0 radical (unpaired) electrons. The molecule has 0 bridgehead atoms. The van der Waals surface area contributed by atoms with Gasteiger partial charge in [0.15, 0.2) is 0 Å². The molecular weight excluding hydrogens is 300 g/mol. The molecule has 0 aliphatic carbocycles. The maximum absolute atomic E-state index is 12.4. The zero-order valence-corrected chi connectivity index (χ0v) is 13.7. The van der Waals surface area contributed by atoms with Gasteiger partial charge >= 0.3 is 0 Å². The van der Waals surface area contributed by atoms with Crippen molar-refractivity contribution in [3.63, 3.8) is 0 Å². The summed E-state index contributed by atoms with van der Waals surface area (Å²) in [6.07, 6.45) is 0. The van der Waals surface area contributed by atoms with Crippen molar-refractivity contribution >= 4 is 21.6 Å². The lowest BCUT2D eigenvalue weighted by atomic mass is 10.1. The Labute approximate surface area is 125 Å². The topological polar surface area (TPSA) is 67.4 Å². The molecule has 0 fully saturated rings. The Balaban J connectivity index is 3.07. The highest BCUT2D eigenvalue weighted by Gasteiger charge is 2.26. The van der Waals surface area contributed by atoms with Gasteiger partial charge < -0.3 is 10.1 Å². The smallest absolute Gasteiger partial charge is 0.241 e. The summed E-state index contributed by atoms with van der Waals surface area (Å²) in [6, 6.07) is 4.66. The van der Waals surface area contributed by atoms with E-state index < -0.39 is 15.6 Å². The highest BCUT2D eigenvalue weighted by atomic mass is 35.5. The second-order valence-corrected chi connectivity index (χ2v) is 7.30. The normalized spacial score (nSPS) is 12.7. The van der Waals surface area contributed by atoms with Gasteiger partial charge in [-0.25, -0.2) is 13.1 Å². The van der Waals surface area contributed by atoms with Crippen LogP contribution in [0.3, 0.4) is 0 Å². The predicted molar refractivity (Wildman–Crippen MR) is 80.5 cm³/mol. The van der Waals surface area contributed by atoms with E-state index in [-0.39, 0.29) is 11.5 Å². The van der Waals surface area contributed by atoms with Gasteiger partial charge in [-0.1, -0.05) is 11.6 Å². The number of hydrogen-bond donors (Lipinski definition) is 2. The fourth-order valence-electron chi connectivity index (χ4n) is 1.86. The van der Waals surface area contributed by atoms with Crippen LogP contribution in [0, 0.1) is 0 Å². The van der Waals surface area contributed by atoms with Crippen LogP contribution in [0.2, 0.25) is 5.02 Å². The standard InChI is InChI=1S/C13H21ClN2O3S/c1-13(2,9-19-4)16-20(17,18)11-5-6-12(14)10(7-11)8-15-3/h5-7,15-16H,8-9H2,1-4H3. The molecule has 1 aromatic rings. The minimum atomic E-state index is -3.61. The lowest BCUT2D eigenvalue weighted by Crippen LogP contribution is -2.46. The first kappa shape index (κ1) is 17.4. The van der Waals surface area contributed by atoms with Crippen LogP contribution in [-0.2, 0) is 21.3 Å². The molecule has 0 heterocycles. The Morgan fingerprint density at radius 2 is 2.00 bits per heavy atom. The SMILES string of the molecule is CNCc1cc(S(=O)(=O)NC(C)(C)COC)ccc1Cl. The van der Waals surface area contributed by atoms with E-state index in [0.29, 0.717) is 11.6 Å². The molecule has 0 unspecified atom stereocenters. The monoisotopic (exact) mass is 320 g/mol. The van der Waals surface area contributed by atoms with E-state index in [2.05, 4.69) is 10.0 Å². The molecular formula is C13H21ClN2O3S. The highest BCUT2D eigenvalue weighted by molar-refractivity contribution is 7.89. The number of hydrogen-bond acceptors (Lipinski definition) is 4. The van der Waals surface area contributed by atoms with E-state index in [9.17, 15) is 8.42 Å². The van der Waals surface area contributed by atoms with Gasteiger partial charge in [0.2, 0.25) is 10.0 Å². The number of nitrogens with one attached hydrogen (secondary N) is 2. The van der Waals surface area contributed by atoms with E-state index in [1.54, 1.807) is 33.0 Å². The predicted octanol–water partition coefficient (Wildman–Crippen LogP) is 1.76. The zero-order valence-electron chi connectivity index (χ0n) is 12.2. The van der Waals surface area contributed by atoms with Crippen LogP contribution in [0.15, 0.2) is 23.1 Å². The molecule has 0 spiro atoms. The van der Waals surface area contributed by atoms with E-state index in [1.807, 2.05) is 0 Å². The average molecular weight is 321 g/mol. The van der Waals surface area contributed by atoms with Crippen LogP contribution in [0.5, 0.6) is 0 Å². The maximum atomic E-state index is 12.4. The average Bonchev–Trinajstić information content (AvgIpc) is 2.30. The Hall–Kier alpha value is -0.660. The summed E-state index contributed by atoms with van der Waals surface area (Å²) in [5.41, 5.74) is 0.0534. The first-order valence-electron chi connectivity index (χ1n) is 6.18. The number of rotatable bonds is 7. The van der Waals surface area contributed by atoms with Crippen molar-refractivity contribution in [2.45, 2.75) is 30.8 Å². The lowest BCUT2D eigenvalue weighted by Gasteiger charge is -2.25. The Morgan fingerprint density at radius 1 is 1.35 bits per heavy atom. The van der Waals surface area contributed by atoms with Gasteiger partial charge in [-0.05, 0) is 44.7 Å². The third-order valence-corrected chi connectivity index (χ3v) is 4.68. The van der Waals surface area contributed by atoms with Crippen LogP contribution in [0.1, 0.15) is 19.4 Å². The number of sulfonamides is 1. The van der Waals surface area contributed by atoms with Crippen molar-refractivity contribution in [1.29, 1.82) is 0 Å². The molecule has 20 heavy (non-hydrogen) atoms. The minimum Gasteiger partial charge on any atom is -0.383 e. The van der Waals surface area contributed by atoms with Gasteiger partial charge in [-0.2, -0.15) is 0 Å². The van der Waals surface area contributed by atoms with Crippen LogP contribution in [-0.4, -0.2) is 34.7 Å². The van der Waals surface area contributed by atoms with Crippen LogP contribution >= 0.6 is 11.6 Å². The van der Waals surface area contributed by atoms with Crippen molar-refractivity contribution in [3.05, 3.63) is 28.8 Å². The van der Waals surface area contributed by atoms with Crippen molar-refractivity contribution in [3.8, 4) is 0 Å². The van der Waals surface area contributed by atoms with E-state index >= 15 is 0 Å².